The quantitative estimate of drug-likeness (QED) is 0.344. The molecule has 0 atom stereocenters. The fraction of sp³-hybridized carbons (Fsp3) is 0.269. The van der Waals surface area contributed by atoms with Crippen LogP contribution in [-0.2, 0) is 26.2 Å². The second kappa shape index (κ2) is 11.4. The van der Waals surface area contributed by atoms with Crippen LogP contribution in [0.4, 0.5) is 24.5 Å². The molecule has 1 aliphatic heterocycles. The zero-order valence-electron chi connectivity index (χ0n) is 21.1. The van der Waals surface area contributed by atoms with Crippen molar-refractivity contribution in [3.8, 4) is 0 Å². The molecule has 1 aliphatic rings. The number of carbonyl (C=O) groups is 1. The highest BCUT2D eigenvalue weighted by molar-refractivity contribution is 7.92. The summed E-state index contributed by atoms with van der Waals surface area (Å²) in [6.45, 7) is 2.50. The Kier molecular flexibility index (Phi) is 8.50. The predicted molar refractivity (Wildman–Crippen MR) is 145 cm³/mol. The molecule has 0 saturated carbocycles. The van der Waals surface area contributed by atoms with E-state index in [-0.39, 0.29) is 26.7 Å². The maximum atomic E-state index is 13.1. The summed E-state index contributed by atoms with van der Waals surface area (Å²) < 4.78 is 94.4. The van der Waals surface area contributed by atoms with E-state index in [9.17, 15) is 34.8 Å². The minimum atomic E-state index is -4.77. The Morgan fingerprint density at radius 2 is 1.45 bits per heavy atom. The highest BCUT2D eigenvalue weighted by atomic mass is 35.5. The van der Waals surface area contributed by atoms with E-state index in [0.717, 1.165) is 31.4 Å². The smallest absolute Gasteiger partial charge is 0.322 e. The van der Waals surface area contributed by atoms with E-state index in [2.05, 4.69) is 10.0 Å². The van der Waals surface area contributed by atoms with Crippen molar-refractivity contribution >= 4 is 48.9 Å². The topological polar surface area (TPSA) is 113 Å². The van der Waals surface area contributed by atoms with Gasteiger partial charge in [-0.2, -0.15) is 17.5 Å². The Hall–Kier alpha value is -3.13. The lowest BCUT2D eigenvalue weighted by atomic mass is 10.1. The number of piperidine rings is 1. The molecule has 0 radical (unpaired) electrons. The highest BCUT2D eigenvalue weighted by Gasteiger charge is 2.34. The van der Waals surface area contributed by atoms with Crippen LogP contribution in [0.2, 0.25) is 5.02 Å². The second-order valence-electron chi connectivity index (χ2n) is 9.22. The van der Waals surface area contributed by atoms with Crippen molar-refractivity contribution in [2.45, 2.75) is 42.2 Å². The molecular weight excluding hydrogens is 591 g/mol. The molecule has 0 aliphatic carbocycles. The number of nitrogens with one attached hydrogen (secondary N) is 2. The Balaban J connectivity index is 1.50. The Morgan fingerprint density at radius 1 is 0.850 bits per heavy atom. The van der Waals surface area contributed by atoms with Gasteiger partial charge in [0.2, 0.25) is 10.0 Å². The number of carbonyl (C=O) groups excluding carboxylic acids is 1. The van der Waals surface area contributed by atoms with Crippen LogP contribution in [0.5, 0.6) is 0 Å². The van der Waals surface area contributed by atoms with E-state index in [1.54, 1.807) is 13.0 Å². The molecule has 1 saturated heterocycles. The molecule has 4 rings (SSSR count). The first-order chi connectivity index (χ1) is 18.7. The lowest BCUT2D eigenvalue weighted by molar-refractivity contribution is -0.137. The van der Waals surface area contributed by atoms with Gasteiger partial charge in [-0.15, -0.1) is 0 Å². The number of anilines is 2. The van der Waals surface area contributed by atoms with Gasteiger partial charge in [-0.25, -0.2) is 16.8 Å². The van der Waals surface area contributed by atoms with Crippen LogP contribution < -0.4 is 10.0 Å². The number of benzene rings is 3. The number of sulfonamides is 2. The summed E-state index contributed by atoms with van der Waals surface area (Å²) >= 11 is 5.58. The second-order valence-corrected chi connectivity index (χ2v) is 13.2. The Morgan fingerprint density at radius 3 is 2.08 bits per heavy atom. The summed E-state index contributed by atoms with van der Waals surface area (Å²) in [6, 6.07) is 11.9. The molecule has 1 amide bonds. The lowest BCUT2D eigenvalue weighted by Crippen LogP contribution is -2.35. The monoisotopic (exact) mass is 615 g/mol. The average Bonchev–Trinajstić information content (AvgIpc) is 2.90. The van der Waals surface area contributed by atoms with Gasteiger partial charge in [0.05, 0.1) is 20.4 Å². The molecule has 2 N–H and O–H groups in total. The van der Waals surface area contributed by atoms with Gasteiger partial charge >= 0.3 is 6.18 Å². The molecule has 14 heteroatoms. The van der Waals surface area contributed by atoms with Crippen molar-refractivity contribution in [3.63, 3.8) is 0 Å². The number of alkyl halides is 3. The minimum Gasteiger partial charge on any atom is -0.322 e. The van der Waals surface area contributed by atoms with Crippen LogP contribution in [0.25, 0.3) is 0 Å². The molecule has 0 bridgehead atoms. The maximum absolute atomic E-state index is 13.1. The van der Waals surface area contributed by atoms with Gasteiger partial charge in [-0.1, -0.05) is 24.1 Å². The first-order valence-corrected chi connectivity index (χ1v) is 15.4. The van der Waals surface area contributed by atoms with Crippen LogP contribution in [0, 0.1) is 6.92 Å². The van der Waals surface area contributed by atoms with Crippen molar-refractivity contribution in [1.82, 2.24) is 4.31 Å². The molecule has 3 aromatic carbocycles. The van der Waals surface area contributed by atoms with Crippen LogP contribution in [-0.4, -0.2) is 40.1 Å². The lowest BCUT2D eigenvalue weighted by Gasteiger charge is -2.26. The number of aryl methyl sites for hydroxylation is 1. The van der Waals surface area contributed by atoms with Gasteiger partial charge in [-0.05, 0) is 79.9 Å². The molecule has 1 heterocycles. The summed E-state index contributed by atoms with van der Waals surface area (Å²) in [4.78, 5) is 12.7. The van der Waals surface area contributed by atoms with Gasteiger partial charge < -0.3 is 5.32 Å². The van der Waals surface area contributed by atoms with Crippen molar-refractivity contribution in [2.24, 2.45) is 0 Å². The van der Waals surface area contributed by atoms with Gasteiger partial charge in [0, 0.05) is 30.0 Å². The van der Waals surface area contributed by atoms with E-state index < -0.39 is 42.7 Å². The number of halogens is 4. The zero-order valence-corrected chi connectivity index (χ0v) is 23.5. The molecule has 214 valence electrons. The van der Waals surface area contributed by atoms with Gasteiger partial charge in [-0.3, -0.25) is 9.52 Å². The molecular formula is C26H25ClF3N3O5S2. The maximum Gasteiger partial charge on any atom is 0.417 e. The number of amides is 1. The largest absolute Gasteiger partial charge is 0.417 e. The summed E-state index contributed by atoms with van der Waals surface area (Å²) in [5.74, 6) is -0.595. The van der Waals surface area contributed by atoms with Crippen LogP contribution >= 0.6 is 11.6 Å². The number of hydrogen-bond donors (Lipinski definition) is 2. The van der Waals surface area contributed by atoms with E-state index in [1.807, 2.05) is 0 Å². The SMILES string of the molecule is Cc1ccc(S(=O)(=O)N2CCCCC2)cc1C(=O)Nc1ccc(S(=O)(=O)Nc2ccc(Cl)c(C(F)(F)F)c2)cc1. The fourth-order valence-electron chi connectivity index (χ4n) is 4.20. The van der Waals surface area contributed by atoms with Gasteiger partial charge in [0.15, 0.2) is 0 Å². The number of nitrogens with zero attached hydrogens (tertiary/aromatic N) is 1. The molecule has 3 aromatic rings. The summed E-state index contributed by atoms with van der Waals surface area (Å²) in [5, 5.41) is 2.04. The average molecular weight is 616 g/mol. The van der Waals surface area contributed by atoms with Crippen LogP contribution in [0.1, 0.15) is 40.7 Å². The molecule has 40 heavy (non-hydrogen) atoms. The van der Waals surface area contributed by atoms with E-state index in [0.29, 0.717) is 24.7 Å². The summed E-state index contributed by atoms with van der Waals surface area (Å²) in [7, 11) is -8.03. The van der Waals surface area contributed by atoms with Crippen molar-refractivity contribution in [1.29, 1.82) is 0 Å². The van der Waals surface area contributed by atoms with Gasteiger partial charge in [0.1, 0.15) is 0 Å². The molecule has 0 aromatic heterocycles. The predicted octanol–water partition coefficient (Wildman–Crippen LogP) is 5.89. The van der Waals surface area contributed by atoms with E-state index in [4.69, 9.17) is 11.6 Å². The van der Waals surface area contributed by atoms with Crippen molar-refractivity contribution < 1.29 is 34.8 Å². The third-order valence-corrected chi connectivity index (χ3v) is 9.97. The fourth-order valence-corrected chi connectivity index (χ4v) is 7.01. The summed E-state index contributed by atoms with van der Waals surface area (Å²) in [6.07, 6.45) is -2.26. The highest BCUT2D eigenvalue weighted by Crippen LogP contribution is 2.36. The van der Waals surface area contributed by atoms with Crippen molar-refractivity contribution in [2.75, 3.05) is 23.1 Å². The third kappa shape index (κ3) is 6.60. The standard InChI is InChI=1S/C26H25ClF3N3O5S2/c1-17-5-9-21(40(37,38)33-13-3-2-4-14-33)16-22(17)25(34)31-18-6-10-20(11-7-18)39(35,36)32-19-8-12-24(27)23(15-19)26(28,29)30/h5-12,15-16,32H,2-4,13-14H2,1H3,(H,31,34). The number of hydrogen-bond acceptors (Lipinski definition) is 5. The molecule has 8 nitrogen and oxygen atoms in total. The Labute approximate surface area is 235 Å². The van der Waals surface area contributed by atoms with E-state index >= 15 is 0 Å². The van der Waals surface area contributed by atoms with Crippen molar-refractivity contribution in [3.05, 3.63) is 82.4 Å². The minimum absolute atomic E-state index is 0.00791. The van der Waals surface area contributed by atoms with Crippen LogP contribution in [0.15, 0.2) is 70.5 Å². The normalized spacial score (nSPS) is 15.0. The first kappa shape index (κ1) is 29.8. The number of rotatable bonds is 7. The molecule has 0 unspecified atom stereocenters. The third-order valence-electron chi connectivity index (χ3n) is 6.35. The Bertz CT molecular complexity index is 1640. The van der Waals surface area contributed by atoms with Crippen LogP contribution in [0.3, 0.4) is 0 Å². The zero-order chi connectivity index (χ0) is 29.3. The summed E-state index contributed by atoms with van der Waals surface area (Å²) in [5.41, 5.74) is -0.614. The molecule has 0 spiro atoms. The first-order valence-electron chi connectivity index (χ1n) is 12.1. The van der Waals surface area contributed by atoms with Gasteiger partial charge in [0.25, 0.3) is 15.9 Å². The van der Waals surface area contributed by atoms with E-state index in [1.165, 1.54) is 40.7 Å². The molecule has 1 fully saturated rings.